The standard InChI is InChI=1S/C20H17ClF2O4S/c21-13-3-5-14(6-4-13)28(25,26)20-9-1-2-12(10-24)15(20)11-27-19-17(23)8-7-16(22)18(19)20/h3-8,10,12,15H,1-2,9,11H2/t12-,15-,20-/m1/s1. The summed E-state index contributed by atoms with van der Waals surface area (Å²) in [6.07, 6.45) is 1.63. The number of ether oxygens (including phenoxy) is 1. The normalized spacial score (nSPS) is 26.7. The van der Waals surface area contributed by atoms with Gasteiger partial charge in [0, 0.05) is 16.9 Å². The van der Waals surface area contributed by atoms with E-state index < -0.39 is 38.1 Å². The molecule has 0 bridgehead atoms. The summed E-state index contributed by atoms with van der Waals surface area (Å²) in [5.74, 6) is -3.52. The quantitative estimate of drug-likeness (QED) is 0.687. The minimum Gasteiger partial charge on any atom is -0.490 e. The van der Waals surface area contributed by atoms with Crippen molar-refractivity contribution in [3.05, 3.63) is 58.6 Å². The van der Waals surface area contributed by atoms with Gasteiger partial charge >= 0.3 is 0 Å². The van der Waals surface area contributed by atoms with E-state index in [0.717, 1.165) is 12.1 Å². The summed E-state index contributed by atoms with van der Waals surface area (Å²) in [7, 11) is -4.20. The number of carbonyl (C=O) groups is 1. The van der Waals surface area contributed by atoms with Gasteiger partial charge in [-0.15, -0.1) is 0 Å². The Hall–Kier alpha value is -1.99. The first kappa shape index (κ1) is 19.3. The van der Waals surface area contributed by atoms with Gasteiger partial charge in [0.1, 0.15) is 16.9 Å². The highest BCUT2D eigenvalue weighted by Crippen LogP contribution is 2.57. The van der Waals surface area contributed by atoms with E-state index in [9.17, 15) is 22.0 Å². The monoisotopic (exact) mass is 426 g/mol. The Labute approximate surface area is 166 Å². The number of benzene rings is 2. The first-order valence-corrected chi connectivity index (χ1v) is 10.8. The molecule has 1 saturated carbocycles. The zero-order valence-corrected chi connectivity index (χ0v) is 16.3. The summed E-state index contributed by atoms with van der Waals surface area (Å²) in [4.78, 5) is 11.6. The zero-order valence-electron chi connectivity index (χ0n) is 14.7. The van der Waals surface area contributed by atoms with Crippen molar-refractivity contribution in [2.24, 2.45) is 11.8 Å². The molecule has 0 aromatic heterocycles. The Bertz CT molecular complexity index is 1040. The van der Waals surface area contributed by atoms with E-state index in [-0.39, 0.29) is 29.2 Å². The lowest BCUT2D eigenvalue weighted by Gasteiger charge is -2.49. The highest BCUT2D eigenvalue weighted by atomic mass is 35.5. The van der Waals surface area contributed by atoms with Gasteiger partial charge in [-0.05, 0) is 49.2 Å². The Balaban J connectivity index is 2.05. The van der Waals surface area contributed by atoms with Crippen molar-refractivity contribution in [3.63, 3.8) is 0 Å². The summed E-state index contributed by atoms with van der Waals surface area (Å²) in [5.41, 5.74) is -0.315. The highest BCUT2D eigenvalue weighted by Gasteiger charge is 2.60. The van der Waals surface area contributed by atoms with Gasteiger partial charge in [0.05, 0.1) is 17.1 Å². The van der Waals surface area contributed by atoms with Crippen LogP contribution in [0.1, 0.15) is 24.8 Å². The van der Waals surface area contributed by atoms with Gasteiger partial charge in [0.2, 0.25) is 0 Å². The molecule has 4 rings (SSSR count). The molecule has 0 radical (unpaired) electrons. The second-order valence-electron chi connectivity index (χ2n) is 7.19. The minimum absolute atomic E-state index is 0.0510. The molecule has 2 aliphatic rings. The topological polar surface area (TPSA) is 60.4 Å². The number of halogens is 3. The van der Waals surface area contributed by atoms with Gasteiger partial charge in [0.25, 0.3) is 0 Å². The maximum absolute atomic E-state index is 15.0. The Morgan fingerprint density at radius 3 is 2.46 bits per heavy atom. The first-order chi connectivity index (χ1) is 13.3. The van der Waals surface area contributed by atoms with E-state index in [4.69, 9.17) is 16.3 Å². The molecule has 0 spiro atoms. The molecule has 1 aliphatic heterocycles. The lowest BCUT2D eigenvalue weighted by atomic mass is 9.68. The number of sulfone groups is 1. The molecule has 2 aromatic rings. The average molecular weight is 427 g/mol. The summed E-state index contributed by atoms with van der Waals surface area (Å²) in [6.45, 7) is -0.177. The second-order valence-corrected chi connectivity index (χ2v) is 9.83. The third-order valence-corrected chi connectivity index (χ3v) is 8.68. The van der Waals surface area contributed by atoms with Gasteiger partial charge in [0.15, 0.2) is 21.4 Å². The fraction of sp³-hybridized carbons (Fsp3) is 0.350. The summed E-state index contributed by atoms with van der Waals surface area (Å²) in [6, 6.07) is 7.38. The summed E-state index contributed by atoms with van der Waals surface area (Å²) >= 11 is 5.89. The molecular weight excluding hydrogens is 410 g/mol. The number of hydrogen-bond acceptors (Lipinski definition) is 4. The van der Waals surface area contributed by atoms with Crippen molar-refractivity contribution in [2.45, 2.75) is 28.9 Å². The number of hydrogen-bond donors (Lipinski definition) is 0. The molecule has 1 aliphatic carbocycles. The molecule has 0 amide bonds. The predicted octanol–water partition coefficient (Wildman–Crippen LogP) is 4.30. The molecule has 148 valence electrons. The molecule has 3 atom stereocenters. The maximum atomic E-state index is 15.0. The molecule has 2 aromatic carbocycles. The molecule has 0 unspecified atom stereocenters. The smallest absolute Gasteiger partial charge is 0.188 e. The molecular formula is C20H17ClF2O4S. The maximum Gasteiger partial charge on any atom is 0.188 e. The number of aldehydes is 1. The fourth-order valence-corrected chi connectivity index (χ4v) is 7.15. The lowest BCUT2D eigenvalue weighted by Crippen LogP contribution is -2.54. The third-order valence-electron chi connectivity index (χ3n) is 5.87. The highest BCUT2D eigenvalue weighted by molar-refractivity contribution is 7.92. The van der Waals surface area contributed by atoms with Crippen molar-refractivity contribution in [1.29, 1.82) is 0 Å². The van der Waals surface area contributed by atoms with Crippen LogP contribution < -0.4 is 4.74 Å². The van der Waals surface area contributed by atoms with Crippen LogP contribution in [0.25, 0.3) is 0 Å². The van der Waals surface area contributed by atoms with Crippen LogP contribution in [0, 0.1) is 23.5 Å². The Morgan fingerprint density at radius 2 is 1.79 bits per heavy atom. The van der Waals surface area contributed by atoms with Crippen LogP contribution in [0.15, 0.2) is 41.3 Å². The van der Waals surface area contributed by atoms with E-state index in [0.29, 0.717) is 24.2 Å². The first-order valence-electron chi connectivity index (χ1n) is 8.89. The summed E-state index contributed by atoms with van der Waals surface area (Å²) in [5, 5.41) is 0.354. The van der Waals surface area contributed by atoms with Gasteiger partial charge < -0.3 is 9.53 Å². The molecule has 0 saturated heterocycles. The SMILES string of the molecule is O=C[C@H]1CCC[C@]2(S(=O)(=O)c3ccc(Cl)cc3)c3c(F)ccc(F)c3OC[C@H]12. The van der Waals surface area contributed by atoms with Crippen molar-refractivity contribution in [2.75, 3.05) is 6.61 Å². The minimum atomic E-state index is -4.20. The molecule has 1 fully saturated rings. The van der Waals surface area contributed by atoms with Gasteiger partial charge in [-0.2, -0.15) is 0 Å². The largest absolute Gasteiger partial charge is 0.490 e. The third kappa shape index (κ3) is 2.59. The van der Waals surface area contributed by atoms with E-state index in [1.807, 2.05) is 0 Å². The van der Waals surface area contributed by atoms with Gasteiger partial charge in [-0.25, -0.2) is 17.2 Å². The molecule has 1 heterocycles. The van der Waals surface area contributed by atoms with Crippen LogP contribution in [0.5, 0.6) is 5.75 Å². The average Bonchev–Trinajstić information content (AvgIpc) is 2.69. The fourth-order valence-electron chi connectivity index (χ4n) is 4.60. The van der Waals surface area contributed by atoms with Gasteiger partial charge in [-0.1, -0.05) is 18.0 Å². The second kappa shape index (κ2) is 6.81. The predicted molar refractivity (Wildman–Crippen MR) is 99.1 cm³/mol. The van der Waals surface area contributed by atoms with E-state index >= 15 is 0 Å². The van der Waals surface area contributed by atoms with Crippen LogP contribution >= 0.6 is 11.6 Å². The van der Waals surface area contributed by atoms with Crippen LogP contribution in [0.2, 0.25) is 5.02 Å². The van der Waals surface area contributed by atoms with Crippen LogP contribution in [-0.4, -0.2) is 21.3 Å². The van der Waals surface area contributed by atoms with E-state index in [1.54, 1.807) is 0 Å². The van der Waals surface area contributed by atoms with Crippen LogP contribution in [-0.2, 0) is 19.4 Å². The van der Waals surface area contributed by atoms with Crippen molar-refractivity contribution >= 4 is 27.7 Å². The van der Waals surface area contributed by atoms with Crippen molar-refractivity contribution in [1.82, 2.24) is 0 Å². The van der Waals surface area contributed by atoms with Gasteiger partial charge in [-0.3, -0.25) is 0 Å². The summed E-state index contributed by atoms with van der Waals surface area (Å²) < 4.78 is 60.8. The van der Waals surface area contributed by atoms with Crippen LogP contribution in [0.4, 0.5) is 8.78 Å². The van der Waals surface area contributed by atoms with Crippen molar-refractivity contribution in [3.8, 4) is 5.75 Å². The molecule has 8 heteroatoms. The molecule has 28 heavy (non-hydrogen) atoms. The van der Waals surface area contributed by atoms with Crippen LogP contribution in [0.3, 0.4) is 0 Å². The van der Waals surface area contributed by atoms with Crippen molar-refractivity contribution < 1.29 is 26.7 Å². The lowest BCUT2D eigenvalue weighted by molar-refractivity contribution is -0.115. The van der Waals surface area contributed by atoms with E-state index in [1.165, 1.54) is 24.3 Å². The number of fused-ring (bicyclic) bond motifs is 3. The van der Waals surface area contributed by atoms with E-state index in [2.05, 4.69) is 0 Å². The molecule has 0 N–H and O–H groups in total. The Morgan fingerprint density at radius 1 is 1.11 bits per heavy atom. The number of carbonyl (C=O) groups excluding carboxylic acids is 1. The zero-order chi connectivity index (χ0) is 20.1. The molecule has 4 nitrogen and oxygen atoms in total. The number of rotatable bonds is 3. The Kier molecular flexibility index (Phi) is 4.70.